The Bertz CT molecular complexity index is 1180. The summed E-state index contributed by atoms with van der Waals surface area (Å²) < 4.78 is 37.6. The standard InChI is InChI=1S/C24H24O10/c1-28-15-9-12-17(22(30-3)21(15)29-2)16(11-6-7-13-14(8-11)34-10-33-13)18(23(26)31-4)19(20(12)25)24(27)32-5/h6-9,16,18,25H,10H2,1-5H3/t16-,18-/m0/s1. The second-order valence-electron chi connectivity index (χ2n) is 7.45. The minimum Gasteiger partial charge on any atom is -0.507 e. The SMILES string of the molecule is COC(=O)C1=C(O)c2cc(OC)c(OC)c(OC)c2[C@H](c2ccc3c(c2)OCO3)[C@@H]1C(=O)OC. The summed E-state index contributed by atoms with van der Waals surface area (Å²) in [5.41, 5.74) is 0.955. The van der Waals surface area contributed by atoms with Gasteiger partial charge in [0.05, 0.1) is 41.1 Å². The number of methoxy groups -OCH3 is 5. The molecule has 0 fully saturated rings. The van der Waals surface area contributed by atoms with Gasteiger partial charge in [-0.05, 0) is 23.8 Å². The average Bonchev–Trinajstić information content (AvgIpc) is 3.34. The molecule has 0 unspecified atom stereocenters. The molecular formula is C24H24O10. The zero-order valence-electron chi connectivity index (χ0n) is 19.3. The fraction of sp³-hybridized carbons (Fsp3) is 0.333. The first-order valence-electron chi connectivity index (χ1n) is 10.2. The summed E-state index contributed by atoms with van der Waals surface area (Å²) in [4.78, 5) is 26.0. The molecule has 2 atom stereocenters. The van der Waals surface area contributed by atoms with Crippen molar-refractivity contribution in [2.75, 3.05) is 42.3 Å². The van der Waals surface area contributed by atoms with E-state index in [1.54, 1.807) is 18.2 Å². The van der Waals surface area contributed by atoms with Crippen LogP contribution in [0.1, 0.15) is 22.6 Å². The van der Waals surface area contributed by atoms with Gasteiger partial charge in [-0.2, -0.15) is 0 Å². The van der Waals surface area contributed by atoms with Crippen LogP contribution in [0.15, 0.2) is 29.8 Å². The lowest BCUT2D eigenvalue weighted by Crippen LogP contribution is -2.34. The van der Waals surface area contributed by atoms with E-state index in [1.165, 1.54) is 34.5 Å². The molecule has 10 heteroatoms. The predicted octanol–water partition coefficient (Wildman–Crippen LogP) is 2.82. The van der Waals surface area contributed by atoms with Crippen molar-refractivity contribution in [2.45, 2.75) is 5.92 Å². The average molecular weight is 472 g/mol. The molecule has 0 bridgehead atoms. The van der Waals surface area contributed by atoms with Crippen LogP contribution in [0.4, 0.5) is 0 Å². The quantitative estimate of drug-likeness (QED) is 0.629. The molecule has 34 heavy (non-hydrogen) atoms. The van der Waals surface area contributed by atoms with Crippen LogP contribution in [0.2, 0.25) is 0 Å². The molecule has 1 N–H and O–H groups in total. The zero-order chi connectivity index (χ0) is 24.6. The largest absolute Gasteiger partial charge is 0.507 e. The highest BCUT2D eigenvalue weighted by Gasteiger charge is 2.48. The zero-order valence-corrected chi connectivity index (χ0v) is 19.3. The molecule has 0 radical (unpaired) electrons. The van der Waals surface area contributed by atoms with Crippen molar-refractivity contribution < 1.29 is 47.9 Å². The third-order valence-electron chi connectivity index (χ3n) is 5.95. The molecule has 0 saturated carbocycles. The Morgan fingerprint density at radius 2 is 1.62 bits per heavy atom. The van der Waals surface area contributed by atoms with Crippen LogP contribution in [-0.2, 0) is 19.1 Å². The second kappa shape index (κ2) is 9.05. The van der Waals surface area contributed by atoms with Crippen molar-refractivity contribution in [3.8, 4) is 28.7 Å². The summed E-state index contributed by atoms with van der Waals surface area (Å²) in [7, 11) is 6.67. The van der Waals surface area contributed by atoms with E-state index in [-0.39, 0.29) is 35.2 Å². The van der Waals surface area contributed by atoms with Gasteiger partial charge in [-0.1, -0.05) is 6.07 Å². The minimum atomic E-state index is -1.27. The van der Waals surface area contributed by atoms with Crippen LogP contribution in [0.5, 0.6) is 28.7 Å². The van der Waals surface area contributed by atoms with E-state index in [0.29, 0.717) is 22.6 Å². The van der Waals surface area contributed by atoms with Gasteiger partial charge in [0.25, 0.3) is 0 Å². The summed E-state index contributed by atoms with van der Waals surface area (Å²) in [6, 6.07) is 6.67. The predicted molar refractivity (Wildman–Crippen MR) is 118 cm³/mol. The number of esters is 2. The molecule has 1 heterocycles. The van der Waals surface area contributed by atoms with Crippen molar-refractivity contribution in [2.24, 2.45) is 5.92 Å². The third-order valence-corrected chi connectivity index (χ3v) is 5.95. The van der Waals surface area contributed by atoms with Gasteiger partial charge in [-0.25, -0.2) is 4.79 Å². The molecule has 4 rings (SSSR count). The Labute approximate surface area is 195 Å². The summed E-state index contributed by atoms with van der Waals surface area (Å²) >= 11 is 0. The molecule has 180 valence electrons. The molecule has 0 amide bonds. The maximum absolute atomic E-state index is 13.1. The van der Waals surface area contributed by atoms with Gasteiger partial charge in [0.2, 0.25) is 12.5 Å². The van der Waals surface area contributed by atoms with Gasteiger partial charge >= 0.3 is 11.9 Å². The molecule has 0 spiro atoms. The number of hydrogen-bond acceptors (Lipinski definition) is 10. The number of fused-ring (bicyclic) bond motifs is 2. The number of carbonyl (C=O) groups is 2. The van der Waals surface area contributed by atoms with Gasteiger partial charge in [0, 0.05) is 17.0 Å². The molecule has 2 aromatic carbocycles. The van der Waals surface area contributed by atoms with Crippen LogP contribution in [0.25, 0.3) is 5.76 Å². The highest BCUT2D eigenvalue weighted by atomic mass is 16.7. The minimum absolute atomic E-state index is 0.0584. The maximum atomic E-state index is 13.1. The first-order valence-corrected chi connectivity index (χ1v) is 10.2. The van der Waals surface area contributed by atoms with Crippen LogP contribution < -0.4 is 23.7 Å². The van der Waals surface area contributed by atoms with Gasteiger partial charge in [-0.3, -0.25) is 4.79 Å². The molecule has 10 nitrogen and oxygen atoms in total. The second-order valence-corrected chi connectivity index (χ2v) is 7.45. The molecule has 0 aromatic heterocycles. The van der Waals surface area contributed by atoms with Gasteiger partial charge < -0.3 is 38.3 Å². The summed E-state index contributed by atoms with van der Waals surface area (Å²) in [5, 5.41) is 11.2. The molecule has 1 aliphatic carbocycles. The number of ether oxygens (including phenoxy) is 7. The fourth-order valence-electron chi connectivity index (χ4n) is 4.49. The monoisotopic (exact) mass is 472 g/mol. The number of rotatable bonds is 6. The van der Waals surface area contributed by atoms with Crippen molar-refractivity contribution >= 4 is 17.7 Å². The van der Waals surface area contributed by atoms with Crippen LogP contribution in [0, 0.1) is 5.92 Å². The van der Waals surface area contributed by atoms with Gasteiger partial charge in [-0.15, -0.1) is 0 Å². The van der Waals surface area contributed by atoms with E-state index in [2.05, 4.69) is 0 Å². The van der Waals surface area contributed by atoms with E-state index in [0.717, 1.165) is 7.11 Å². The third kappa shape index (κ3) is 3.42. The van der Waals surface area contributed by atoms with E-state index in [1.807, 2.05) is 0 Å². The lowest BCUT2D eigenvalue weighted by Gasteiger charge is -2.35. The van der Waals surface area contributed by atoms with E-state index < -0.39 is 29.5 Å². The van der Waals surface area contributed by atoms with Crippen LogP contribution >= 0.6 is 0 Å². The number of benzene rings is 2. The first-order chi connectivity index (χ1) is 16.4. The van der Waals surface area contributed by atoms with Crippen molar-refractivity contribution in [3.63, 3.8) is 0 Å². The number of hydrogen-bond donors (Lipinski definition) is 1. The van der Waals surface area contributed by atoms with Crippen molar-refractivity contribution in [3.05, 3.63) is 46.5 Å². The normalized spacial score (nSPS) is 18.1. The molecular weight excluding hydrogens is 448 g/mol. The topological polar surface area (TPSA) is 119 Å². The molecule has 2 aliphatic rings. The van der Waals surface area contributed by atoms with E-state index in [4.69, 9.17) is 33.2 Å². The number of aliphatic hydroxyl groups excluding tert-OH is 1. The lowest BCUT2D eigenvalue weighted by atomic mass is 9.70. The molecule has 2 aromatic rings. The Morgan fingerprint density at radius 1 is 0.912 bits per heavy atom. The molecule has 0 saturated heterocycles. The van der Waals surface area contributed by atoms with Crippen molar-refractivity contribution in [1.29, 1.82) is 0 Å². The lowest BCUT2D eigenvalue weighted by molar-refractivity contribution is -0.148. The Kier molecular flexibility index (Phi) is 6.14. The van der Waals surface area contributed by atoms with Crippen molar-refractivity contribution in [1.82, 2.24) is 0 Å². The van der Waals surface area contributed by atoms with Crippen LogP contribution in [0.3, 0.4) is 0 Å². The number of carbonyl (C=O) groups excluding carboxylic acids is 2. The highest BCUT2D eigenvalue weighted by Crippen LogP contribution is 2.55. The smallest absolute Gasteiger partial charge is 0.338 e. The number of aliphatic hydroxyl groups is 1. The van der Waals surface area contributed by atoms with Gasteiger partial charge in [0.1, 0.15) is 11.7 Å². The van der Waals surface area contributed by atoms with E-state index in [9.17, 15) is 14.7 Å². The first kappa shape index (κ1) is 23.1. The summed E-state index contributed by atoms with van der Waals surface area (Å²) in [5.74, 6) is -2.44. The summed E-state index contributed by atoms with van der Waals surface area (Å²) in [6.07, 6.45) is 0. The summed E-state index contributed by atoms with van der Waals surface area (Å²) in [6.45, 7) is 0.0584. The maximum Gasteiger partial charge on any atom is 0.338 e. The van der Waals surface area contributed by atoms with E-state index >= 15 is 0 Å². The Morgan fingerprint density at radius 3 is 2.24 bits per heavy atom. The molecule has 1 aliphatic heterocycles. The Hall–Kier alpha value is -4.08. The highest BCUT2D eigenvalue weighted by molar-refractivity contribution is 6.04. The Balaban J connectivity index is 2.12. The van der Waals surface area contributed by atoms with Crippen LogP contribution in [-0.4, -0.2) is 59.4 Å². The fourth-order valence-corrected chi connectivity index (χ4v) is 4.49. The van der Waals surface area contributed by atoms with Gasteiger partial charge in [0.15, 0.2) is 23.0 Å².